The molecule has 0 N–H and O–H groups in total. The third-order valence-corrected chi connectivity index (χ3v) is 5.14. The molecule has 1 aliphatic rings. The first-order valence-corrected chi connectivity index (χ1v) is 8.97. The first kappa shape index (κ1) is 17.1. The van der Waals surface area contributed by atoms with Crippen LogP contribution in [0.5, 0.6) is 0 Å². The molecular weight excluding hydrogens is 373 g/mol. The summed E-state index contributed by atoms with van der Waals surface area (Å²) in [5.74, 6) is -0.115. The fourth-order valence-electron chi connectivity index (χ4n) is 3.26. The molecule has 0 aliphatic carbocycles. The molecule has 4 rings (SSSR count). The molecule has 132 valence electrons. The van der Waals surface area contributed by atoms with Gasteiger partial charge in [-0.3, -0.25) is 14.2 Å². The summed E-state index contributed by atoms with van der Waals surface area (Å²) in [5.41, 5.74) is 2.47. The molecule has 0 bridgehead atoms. The summed E-state index contributed by atoms with van der Waals surface area (Å²) < 4.78 is 1.30. The van der Waals surface area contributed by atoms with Gasteiger partial charge >= 0.3 is 0 Å². The summed E-state index contributed by atoms with van der Waals surface area (Å²) >= 11 is 12.1. The number of hydrogen-bond donors (Lipinski definition) is 0. The Morgan fingerprint density at radius 2 is 1.92 bits per heavy atom. The quantitative estimate of drug-likeness (QED) is 0.677. The minimum Gasteiger partial charge on any atom is -0.336 e. The molecule has 3 aromatic rings. The smallest absolute Gasteiger partial charge is 0.261 e. The van der Waals surface area contributed by atoms with Crippen molar-refractivity contribution in [3.63, 3.8) is 0 Å². The maximum absolute atomic E-state index is 12.7. The van der Waals surface area contributed by atoms with E-state index in [1.165, 1.54) is 22.5 Å². The molecule has 1 aliphatic heterocycles. The van der Waals surface area contributed by atoms with Crippen LogP contribution in [-0.4, -0.2) is 26.9 Å². The van der Waals surface area contributed by atoms with Crippen LogP contribution < -0.4 is 5.56 Å². The van der Waals surface area contributed by atoms with E-state index in [0.717, 1.165) is 12.0 Å². The van der Waals surface area contributed by atoms with Crippen LogP contribution in [0.1, 0.15) is 11.1 Å². The summed E-state index contributed by atoms with van der Waals surface area (Å²) in [6.45, 7) is 1.14. The Morgan fingerprint density at radius 3 is 2.73 bits per heavy atom. The van der Waals surface area contributed by atoms with Crippen molar-refractivity contribution in [2.24, 2.45) is 0 Å². The Kier molecular flexibility index (Phi) is 4.42. The second-order valence-electron chi connectivity index (χ2n) is 6.30. The van der Waals surface area contributed by atoms with E-state index in [0.29, 0.717) is 34.0 Å². The molecule has 0 saturated carbocycles. The standard InChI is InChI=1S/C19H15Cl2N3O2/c20-14-7-15-18(16(21)8-14)22-11-24(19(15)26)10-17(25)23-6-5-12-3-1-2-4-13(12)9-23/h1-4,7-8,11H,5-6,9-10H2. The zero-order valence-electron chi connectivity index (χ0n) is 13.8. The zero-order valence-corrected chi connectivity index (χ0v) is 15.3. The molecule has 5 nitrogen and oxygen atoms in total. The van der Waals surface area contributed by atoms with Crippen molar-refractivity contribution in [2.75, 3.05) is 6.54 Å². The molecule has 2 heterocycles. The Bertz CT molecular complexity index is 1080. The van der Waals surface area contributed by atoms with Gasteiger partial charge in [0.25, 0.3) is 5.56 Å². The van der Waals surface area contributed by atoms with Crippen molar-refractivity contribution in [1.82, 2.24) is 14.5 Å². The van der Waals surface area contributed by atoms with Crippen LogP contribution in [0.4, 0.5) is 0 Å². The Balaban J connectivity index is 1.61. The number of halogens is 2. The van der Waals surface area contributed by atoms with Crippen molar-refractivity contribution in [3.8, 4) is 0 Å². The lowest BCUT2D eigenvalue weighted by Gasteiger charge is -2.29. The van der Waals surface area contributed by atoms with Crippen molar-refractivity contribution in [3.05, 3.63) is 74.3 Å². The molecule has 0 unspecified atom stereocenters. The normalized spacial score (nSPS) is 13.7. The number of rotatable bonds is 2. The number of hydrogen-bond acceptors (Lipinski definition) is 3. The Hall–Kier alpha value is -2.37. The average molecular weight is 388 g/mol. The molecule has 0 radical (unpaired) electrons. The molecule has 1 amide bonds. The van der Waals surface area contributed by atoms with Crippen LogP contribution in [0.25, 0.3) is 10.9 Å². The molecule has 0 spiro atoms. The Morgan fingerprint density at radius 1 is 1.15 bits per heavy atom. The molecule has 26 heavy (non-hydrogen) atoms. The van der Waals surface area contributed by atoms with Gasteiger partial charge in [0.05, 0.1) is 22.3 Å². The highest BCUT2D eigenvalue weighted by molar-refractivity contribution is 6.38. The van der Waals surface area contributed by atoms with Gasteiger partial charge in [-0.1, -0.05) is 47.5 Å². The van der Waals surface area contributed by atoms with Gasteiger partial charge in [0.15, 0.2) is 0 Å². The molecule has 7 heteroatoms. The number of nitrogens with zero attached hydrogens (tertiary/aromatic N) is 3. The number of fused-ring (bicyclic) bond motifs is 2. The maximum atomic E-state index is 12.7. The number of aromatic nitrogens is 2. The minimum atomic E-state index is -0.329. The fourth-order valence-corrected chi connectivity index (χ4v) is 3.80. The maximum Gasteiger partial charge on any atom is 0.261 e. The van der Waals surface area contributed by atoms with Gasteiger partial charge in [-0.15, -0.1) is 0 Å². The number of amides is 1. The lowest BCUT2D eigenvalue weighted by atomic mass is 10.00. The van der Waals surface area contributed by atoms with E-state index in [9.17, 15) is 9.59 Å². The summed E-state index contributed by atoms with van der Waals surface area (Å²) in [6, 6.07) is 11.2. The van der Waals surface area contributed by atoms with Gasteiger partial charge in [0.1, 0.15) is 6.54 Å². The molecule has 0 saturated heterocycles. The predicted molar refractivity (Wildman–Crippen MR) is 102 cm³/mol. The lowest BCUT2D eigenvalue weighted by molar-refractivity contribution is -0.132. The van der Waals surface area contributed by atoms with Gasteiger partial charge in [-0.2, -0.15) is 0 Å². The van der Waals surface area contributed by atoms with E-state index >= 15 is 0 Å². The first-order valence-electron chi connectivity index (χ1n) is 8.21. The molecule has 0 atom stereocenters. The van der Waals surface area contributed by atoms with Gasteiger partial charge in [0, 0.05) is 18.1 Å². The van der Waals surface area contributed by atoms with E-state index in [2.05, 4.69) is 11.1 Å². The second kappa shape index (κ2) is 6.74. The van der Waals surface area contributed by atoms with E-state index in [-0.39, 0.29) is 18.0 Å². The SMILES string of the molecule is O=C(Cn1cnc2c(Cl)cc(Cl)cc2c1=O)N1CCc2ccccc2C1. The van der Waals surface area contributed by atoms with Crippen LogP contribution in [-0.2, 0) is 24.3 Å². The third-order valence-electron chi connectivity index (χ3n) is 4.63. The molecular formula is C19H15Cl2N3O2. The number of carbonyl (C=O) groups is 1. The minimum absolute atomic E-state index is 0.0614. The summed E-state index contributed by atoms with van der Waals surface area (Å²) in [4.78, 5) is 31.4. The van der Waals surface area contributed by atoms with Crippen molar-refractivity contribution < 1.29 is 4.79 Å². The van der Waals surface area contributed by atoms with Crippen molar-refractivity contribution in [2.45, 2.75) is 19.5 Å². The summed E-state index contributed by atoms with van der Waals surface area (Å²) in [6.07, 6.45) is 2.18. The van der Waals surface area contributed by atoms with Crippen LogP contribution >= 0.6 is 23.2 Å². The van der Waals surface area contributed by atoms with Gasteiger partial charge in [-0.05, 0) is 29.7 Å². The van der Waals surface area contributed by atoms with Crippen LogP contribution in [0, 0.1) is 0 Å². The average Bonchev–Trinajstić information content (AvgIpc) is 2.64. The highest BCUT2D eigenvalue weighted by atomic mass is 35.5. The zero-order chi connectivity index (χ0) is 18.3. The van der Waals surface area contributed by atoms with Crippen LogP contribution in [0.15, 0.2) is 47.5 Å². The lowest BCUT2D eigenvalue weighted by Crippen LogP contribution is -2.39. The molecule has 1 aromatic heterocycles. The summed E-state index contributed by atoms with van der Waals surface area (Å²) in [7, 11) is 0. The topological polar surface area (TPSA) is 55.2 Å². The first-order chi connectivity index (χ1) is 12.5. The molecule has 2 aromatic carbocycles. The van der Waals surface area contributed by atoms with Crippen molar-refractivity contribution in [1.29, 1.82) is 0 Å². The second-order valence-corrected chi connectivity index (χ2v) is 7.14. The summed E-state index contributed by atoms with van der Waals surface area (Å²) in [5, 5.41) is 0.982. The predicted octanol–water partition coefficient (Wildman–Crippen LogP) is 3.29. The van der Waals surface area contributed by atoms with Crippen molar-refractivity contribution >= 4 is 40.0 Å². The van der Waals surface area contributed by atoms with E-state index in [1.54, 1.807) is 11.0 Å². The van der Waals surface area contributed by atoms with E-state index < -0.39 is 0 Å². The van der Waals surface area contributed by atoms with E-state index in [4.69, 9.17) is 23.2 Å². The molecule has 0 fully saturated rings. The largest absolute Gasteiger partial charge is 0.336 e. The van der Waals surface area contributed by atoms with E-state index in [1.807, 2.05) is 18.2 Å². The number of carbonyl (C=O) groups excluding carboxylic acids is 1. The Labute approximate surface area is 159 Å². The van der Waals surface area contributed by atoms with Crippen LogP contribution in [0.3, 0.4) is 0 Å². The fraction of sp³-hybridized carbons (Fsp3) is 0.211. The van der Waals surface area contributed by atoms with Gasteiger partial charge in [-0.25, -0.2) is 4.98 Å². The van der Waals surface area contributed by atoms with Gasteiger partial charge in [0.2, 0.25) is 5.91 Å². The van der Waals surface area contributed by atoms with Crippen LogP contribution in [0.2, 0.25) is 10.0 Å². The monoisotopic (exact) mass is 387 g/mol. The third kappa shape index (κ3) is 3.08. The highest BCUT2D eigenvalue weighted by Gasteiger charge is 2.21. The van der Waals surface area contributed by atoms with Gasteiger partial charge < -0.3 is 4.90 Å². The number of benzene rings is 2. The highest BCUT2D eigenvalue weighted by Crippen LogP contribution is 2.24.